The van der Waals surface area contributed by atoms with Crippen LogP contribution in [0.25, 0.3) is 10.4 Å². The summed E-state index contributed by atoms with van der Waals surface area (Å²) >= 11 is 7.28. The Balaban J connectivity index is 2.53. The number of hydrogen-bond acceptors (Lipinski definition) is 5. The van der Waals surface area contributed by atoms with Crippen molar-refractivity contribution in [1.29, 1.82) is 0 Å². The van der Waals surface area contributed by atoms with Crippen LogP contribution in [-0.2, 0) is 0 Å². The average molecular weight is 242 g/mol. The molecule has 78 valence electrons. The molecule has 0 unspecified atom stereocenters. The van der Waals surface area contributed by atoms with Gasteiger partial charge in [0.15, 0.2) is 0 Å². The molecule has 0 saturated carbocycles. The minimum atomic E-state index is 0.331. The molecule has 4 nitrogen and oxygen atoms in total. The molecule has 0 spiro atoms. The van der Waals surface area contributed by atoms with E-state index < -0.39 is 0 Å². The van der Waals surface area contributed by atoms with Gasteiger partial charge in [-0.15, -0.1) is 16.4 Å². The minimum absolute atomic E-state index is 0.331. The largest absolute Gasteiger partial charge is 0.478 e. The molecule has 2 rings (SSSR count). The molecule has 15 heavy (non-hydrogen) atoms. The fourth-order valence-electron chi connectivity index (χ4n) is 1.18. The number of nitrogens with two attached hydrogens (primary N) is 1. The summed E-state index contributed by atoms with van der Waals surface area (Å²) in [6.07, 6.45) is 1.60. The zero-order chi connectivity index (χ0) is 10.8. The summed E-state index contributed by atoms with van der Waals surface area (Å²) in [6.45, 7) is 0. The van der Waals surface area contributed by atoms with Gasteiger partial charge >= 0.3 is 0 Å². The number of halogens is 1. The summed E-state index contributed by atoms with van der Waals surface area (Å²) < 4.78 is 5.70. The van der Waals surface area contributed by atoms with Crippen molar-refractivity contribution in [3.8, 4) is 16.3 Å². The molecule has 0 radical (unpaired) electrons. The highest BCUT2D eigenvalue weighted by Crippen LogP contribution is 2.36. The molecule has 0 aliphatic rings. The van der Waals surface area contributed by atoms with E-state index in [4.69, 9.17) is 22.1 Å². The molecule has 0 aromatic carbocycles. The van der Waals surface area contributed by atoms with Gasteiger partial charge in [0, 0.05) is 10.4 Å². The molecule has 0 saturated heterocycles. The maximum Gasteiger partial charge on any atom is 0.257 e. The van der Waals surface area contributed by atoms with E-state index in [0.717, 1.165) is 10.4 Å². The Morgan fingerprint density at radius 2 is 2.27 bits per heavy atom. The van der Waals surface area contributed by atoms with Crippen LogP contribution >= 0.6 is 22.9 Å². The van der Waals surface area contributed by atoms with Gasteiger partial charge in [-0.2, -0.15) is 5.10 Å². The van der Waals surface area contributed by atoms with Gasteiger partial charge in [-0.25, -0.2) is 0 Å². The van der Waals surface area contributed by atoms with Crippen LogP contribution in [0.1, 0.15) is 0 Å². The first-order valence-corrected chi connectivity index (χ1v) is 5.32. The van der Waals surface area contributed by atoms with Crippen molar-refractivity contribution in [3.05, 3.63) is 22.7 Å². The Labute approximate surface area is 95.7 Å². The number of methoxy groups -OCH3 is 1. The third-order valence-corrected chi connectivity index (χ3v) is 3.15. The summed E-state index contributed by atoms with van der Waals surface area (Å²) in [4.78, 5) is 0.950. The molecule has 2 heterocycles. The predicted octanol–water partition coefficient (Wildman–Crippen LogP) is 2.45. The van der Waals surface area contributed by atoms with Gasteiger partial charge in [0.25, 0.3) is 5.88 Å². The highest BCUT2D eigenvalue weighted by atomic mass is 35.5. The summed E-state index contributed by atoms with van der Waals surface area (Å²) in [5.41, 5.74) is 7.14. The lowest BCUT2D eigenvalue weighted by atomic mass is 10.2. The lowest BCUT2D eigenvalue weighted by molar-refractivity contribution is 0.394. The number of rotatable bonds is 2. The number of nitrogen functional groups attached to an aromatic ring is 1. The van der Waals surface area contributed by atoms with Gasteiger partial charge in [0.2, 0.25) is 0 Å². The lowest BCUT2D eigenvalue weighted by Crippen LogP contribution is -1.98. The van der Waals surface area contributed by atoms with Crippen LogP contribution in [0.15, 0.2) is 18.3 Å². The third-order valence-electron chi connectivity index (χ3n) is 1.89. The Bertz CT molecular complexity index is 486. The summed E-state index contributed by atoms with van der Waals surface area (Å²) in [5, 5.41) is 7.57. The summed E-state index contributed by atoms with van der Waals surface area (Å²) in [7, 11) is 1.51. The first-order chi connectivity index (χ1) is 7.22. The Morgan fingerprint density at radius 3 is 2.87 bits per heavy atom. The van der Waals surface area contributed by atoms with Crippen LogP contribution in [0, 0.1) is 0 Å². The highest BCUT2D eigenvalue weighted by molar-refractivity contribution is 7.19. The van der Waals surface area contributed by atoms with E-state index >= 15 is 0 Å². The van der Waals surface area contributed by atoms with Crippen molar-refractivity contribution in [2.75, 3.05) is 12.8 Å². The summed E-state index contributed by atoms with van der Waals surface area (Å²) in [6, 6.07) is 3.70. The molecule has 0 amide bonds. The van der Waals surface area contributed by atoms with Crippen LogP contribution in [0.4, 0.5) is 5.69 Å². The normalized spacial score (nSPS) is 10.3. The number of hydrogen-bond donors (Lipinski definition) is 1. The molecule has 2 aromatic heterocycles. The lowest BCUT2D eigenvalue weighted by Gasteiger charge is -2.05. The van der Waals surface area contributed by atoms with Crippen molar-refractivity contribution in [1.82, 2.24) is 10.2 Å². The van der Waals surface area contributed by atoms with Gasteiger partial charge in [-0.05, 0) is 12.1 Å². The zero-order valence-corrected chi connectivity index (χ0v) is 9.47. The molecule has 2 aromatic rings. The molecule has 0 bridgehead atoms. The predicted molar refractivity (Wildman–Crippen MR) is 61.3 cm³/mol. The molecular weight excluding hydrogens is 234 g/mol. The molecule has 0 fully saturated rings. The zero-order valence-electron chi connectivity index (χ0n) is 7.90. The Hall–Kier alpha value is -1.33. The number of anilines is 1. The fourth-order valence-corrected chi connectivity index (χ4v) is 2.25. The molecule has 0 aliphatic carbocycles. The smallest absolute Gasteiger partial charge is 0.257 e. The minimum Gasteiger partial charge on any atom is -0.478 e. The van der Waals surface area contributed by atoms with Gasteiger partial charge in [-0.3, -0.25) is 0 Å². The van der Waals surface area contributed by atoms with Crippen molar-refractivity contribution in [3.63, 3.8) is 0 Å². The average Bonchev–Trinajstić information content (AvgIpc) is 2.65. The van der Waals surface area contributed by atoms with Gasteiger partial charge in [0.1, 0.15) is 5.69 Å². The molecule has 0 aliphatic heterocycles. The van der Waals surface area contributed by atoms with E-state index in [1.54, 1.807) is 6.20 Å². The van der Waals surface area contributed by atoms with E-state index in [2.05, 4.69) is 10.2 Å². The molecular formula is C9H8ClN3OS. The van der Waals surface area contributed by atoms with Crippen LogP contribution in [0.3, 0.4) is 0 Å². The second-order valence-corrected chi connectivity index (χ2v) is 4.50. The van der Waals surface area contributed by atoms with Crippen LogP contribution in [0.2, 0.25) is 4.34 Å². The first kappa shape index (κ1) is 10.2. The van der Waals surface area contributed by atoms with Gasteiger partial charge in [-0.1, -0.05) is 11.6 Å². The maximum atomic E-state index is 5.87. The SMILES string of the molecule is COc1nncc(-c2ccc(Cl)s2)c1N. The van der Waals surface area contributed by atoms with Gasteiger partial charge < -0.3 is 10.5 Å². The van der Waals surface area contributed by atoms with E-state index in [9.17, 15) is 0 Å². The second kappa shape index (κ2) is 4.04. The van der Waals surface area contributed by atoms with Crippen LogP contribution in [0.5, 0.6) is 5.88 Å². The van der Waals surface area contributed by atoms with Crippen LogP contribution in [-0.4, -0.2) is 17.3 Å². The summed E-state index contributed by atoms with van der Waals surface area (Å²) in [5.74, 6) is 0.331. The number of ether oxygens (including phenoxy) is 1. The van der Waals surface area contributed by atoms with Crippen molar-refractivity contribution < 1.29 is 4.74 Å². The van der Waals surface area contributed by atoms with Gasteiger partial charge in [0.05, 0.1) is 17.6 Å². The first-order valence-electron chi connectivity index (χ1n) is 4.13. The topological polar surface area (TPSA) is 61.0 Å². The van der Waals surface area contributed by atoms with Crippen molar-refractivity contribution >= 4 is 28.6 Å². The number of aromatic nitrogens is 2. The molecule has 2 N–H and O–H groups in total. The fraction of sp³-hybridized carbons (Fsp3) is 0.111. The monoisotopic (exact) mass is 241 g/mol. The van der Waals surface area contributed by atoms with E-state index in [0.29, 0.717) is 15.9 Å². The quantitative estimate of drug-likeness (QED) is 0.877. The Morgan fingerprint density at radius 1 is 1.47 bits per heavy atom. The van der Waals surface area contributed by atoms with Crippen molar-refractivity contribution in [2.24, 2.45) is 0 Å². The van der Waals surface area contributed by atoms with E-state index in [1.807, 2.05) is 12.1 Å². The number of thiophene rings is 1. The number of nitrogens with zero attached hydrogens (tertiary/aromatic N) is 2. The van der Waals surface area contributed by atoms with Crippen LogP contribution < -0.4 is 10.5 Å². The third kappa shape index (κ3) is 1.88. The maximum absolute atomic E-state index is 5.87. The highest BCUT2D eigenvalue weighted by Gasteiger charge is 2.11. The second-order valence-electron chi connectivity index (χ2n) is 2.78. The van der Waals surface area contributed by atoms with E-state index in [-0.39, 0.29) is 0 Å². The Kier molecular flexibility index (Phi) is 2.75. The standard InChI is InChI=1S/C9H8ClN3OS/c1-14-9-8(11)5(4-12-13-9)6-2-3-7(10)15-6/h2-4H,1H3,(H2,11,12). The van der Waals surface area contributed by atoms with E-state index in [1.165, 1.54) is 18.4 Å². The molecule has 6 heteroatoms. The molecule has 0 atom stereocenters. The van der Waals surface area contributed by atoms with Crippen molar-refractivity contribution in [2.45, 2.75) is 0 Å².